The molecule has 0 radical (unpaired) electrons. The third-order valence-corrected chi connectivity index (χ3v) is 15.7. The molecule has 0 aromatic rings. The lowest BCUT2D eigenvalue weighted by Gasteiger charge is -2.48. The minimum absolute atomic E-state index is 0.252. The molecule has 1 amide bonds. The lowest BCUT2D eigenvalue weighted by atomic mass is 9.96. The number of allylic oxidation sites excluding steroid dienone is 6. The van der Waals surface area contributed by atoms with Gasteiger partial charge in [-0.25, -0.2) is 0 Å². The predicted molar refractivity (Wildman–Crippen MR) is 305 cm³/mol. The number of unbranched alkanes of at least 4 members (excludes halogenated alkanes) is 24. The van der Waals surface area contributed by atoms with Gasteiger partial charge in [0.25, 0.3) is 0 Å². The number of aliphatic hydroxyl groups excluding tert-OH is 11. The van der Waals surface area contributed by atoms with Crippen molar-refractivity contribution in [2.75, 3.05) is 26.4 Å². The van der Waals surface area contributed by atoms with Crippen molar-refractivity contribution in [3.63, 3.8) is 0 Å². The molecule has 0 aromatic heterocycles. The molecule has 468 valence electrons. The van der Waals surface area contributed by atoms with E-state index >= 15 is 0 Å². The quantitative estimate of drug-likeness (QED) is 0.0242. The summed E-state index contributed by atoms with van der Waals surface area (Å²) in [7, 11) is 0. The molecule has 19 nitrogen and oxygen atoms in total. The number of rotatable bonds is 46. The molecule has 0 bridgehead atoms. The Morgan fingerprint density at radius 3 is 1.29 bits per heavy atom. The summed E-state index contributed by atoms with van der Waals surface area (Å²) in [6, 6.07) is -0.893. The summed E-state index contributed by atoms with van der Waals surface area (Å²) in [5, 5.41) is 120. The fourth-order valence-electron chi connectivity index (χ4n) is 10.6. The van der Waals surface area contributed by atoms with Crippen molar-refractivity contribution in [1.29, 1.82) is 0 Å². The van der Waals surface area contributed by atoms with Crippen molar-refractivity contribution in [2.24, 2.45) is 0 Å². The molecule has 0 saturated carbocycles. The molecule has 19 heteroatoms. The van der Waals surface area contributed by atoms with Gasteiger partial charge in [0, 0.05) is 6.42 Å². The molecule has 3 aliphatic heterocycles. The first-order valence-electron chi connectivity index (χ1n) is 31.2. The molecule has 3 heterocycles. The van der Waals surface area contributed by atoms with Crippen molar-refractivity contribution in [3.05, 3.63) is 36.5 Å². The number of ether oxygens (including phenoxy) is 6. The van der Waals surface area contributed by atoms with Gasteiger partial charge in [-0.2, -0.15) is 0 Å². The SMILES string of the molecule is CCCCCCC/C=C\C/C=C\C/C=C\CCCCCCCCC(=O)NC(COC1OC(CO)C(OC2OC(CO)C(OC3OC(CO)C(O)C(O)C3O)C(O)C2O)C(O)C1O)C(O)CCCCCCCCCCCCCCCC. The minimum Gasteiger partial charge on any atom is -0.394 e. The number of hydrogen-bond acceptors (Lipinski definition) is 18. The Hall–Kier alpha value is -1.99. The van der Waals surface area contributed by atoms with E-state index < -0.39 is 124 Å². The van der Waals surface area contributed by atoms with Crippen LogP contribution in [0.5, 0.6) is 0 Å². The Morgan fingerprint density at radius 2 is 0.825 bits per heavy atom. The van der Waals surface area contributed by atoms with Gasteiger partial charge < -0.3 is 89.9 Å². The average molecular weight is 1150 g/mol. The monoisotopic (exact) mass is 1150 g/mol. The zero-order chi connectivity index (χ0) is 58.3. The van der Waals surface area contributed by atoms with Gasteiger partial charge in [0.15, 0.2) is 18.9 Å². The molecule has 17 unspecified atom stereocenters. The topological polar surface area (TPSA) is 307 Å². The standard InChI is InChI=1S/C61H111NO18/c1-3-5-7-9-11-13-15-17-19-20-21-22-23-24-25-27-29-31-33-35-37-39-49(67)62-44(45(66)38-36-34-32-30-28-26-18-16-14-12-10-8-6-4-2)43-75-59-55(73)52(70)57(47(41-64)77-59)80-61-56(74)53(71)58(48(42-65)78-61)79-60-54(72)51(69)50(68)46(40-63)76-60/h15,17,20-21,23-24,44-48,50-61,63-66,68-74H,3-14,16,18-19,22,25-43H2,1-2H3,(H,62,67)/b17-15-,21-20-,24-23-. The van der Waals surface area contributed by atoms with E-state index in [1.54, 1.807) is 0 Å². The maximum absolute atomic E-state index is 13.4. The average Bonchev–Trinajstić information content (AvgIpc) is 3.45. The van der Waals surface area contributed by atoms with E-state index in [-0.39, 0.29) is 18.9 Å². The lowest BCUT2D eigenvalue weighted by molar-refractivity contribution is -0.379. The van der Waals surface area contributed by atoms with Gasteiger partial charge in [-0.15, -0.1) is 0 Å². The van der Waals surface area contributed by atoms with Gasteiger partial charge >= 0.3 is 0 Å². The van der Waals surface area contributed by atoms with Gasteiger partial charge in [-0.1, -0.05) is 192 Å². The molecule has 3 fully saturated rings. The molecule has 0 aliphatic carbocycles. The fraction of sp³-hybridized carbons (Fsp3) is 0.885. The molecule has 3 saturated heterocycles. The Bertz CT molecular complexity index is 1600. The van der Waals surface area contributed by atoms with Gasteiger partial charge in [0.2, 0.25) is 5.91 Å². The van der Waals surface area contributed by atoms with Crippen LogP contribution < -0.4 is 5.32 Å². The number of hydrogen-bond donors (Lipinski definition) is 12. The molecular weight excluding hydrogens is 1030 g/mol. The summed E-state index contributed by atoms with van der Waals surface area (Å²) in [6.45, 7) is 1.76. The van der Waals surface area contributed by atoms with E-state index in [1.807, 2.05) is 0 Å². The Kier molecular flexibility index (Phi) is 40.2. The van der Waals surface area contributed by atoms with Crippen LogP contribution in [0.2, 0.25) is 0 Å². The molecule has 0 aromatic carbocycles. The van der Waals surface area contributed by atoms with E-state index in [1.165, 1.54) is 103 Å². The highest BCUT2D eigenvalue weighted by Crippen LogP contribution is 2.33. The van der Waals surface area contributed by atoms with Crippen LogP contribution in [-0.2, 0) is 33.2 Å². The van der Waals surface area contributed by atoms with E-state index in [0.717, 1.165) is 77.0 Å². The molecule has 80 heavy (non-hydrogen) atoms. The molecule has 12 N–H and O–H groups in total. The summed E-state index contributed by atoms with van der Waals surface area (Å²) in [6.07, 6.45) is 20.8. The summed E-state index contributed by atoms with van der Waals surface area (Å²) < 4.78 is 34.3. The van der Waals surface area contributed by atoms with E-state index in [2.05, 4.69) is 55.6 Å². The Balaban J connectivity index is 1.48. The molecule has 3 rings (SSSR count). The first-order chi connectivity index (χ1) is 38.8. The number of aliphatic hydroxyl groups is 11. The lowest BCUT2D eigenvalue weighted by Crippen LogP contribution is -2.66. The molecule has 17 atom stereocenters. The Labute approximate surface area is 479 Å². The van der Waals surface area contributed by atoms with Gasteiger partial charge in [0.05, 0.1) is 38.6 Å². The van der Waals surface area contributed by atoms with Crippen molar-refractivity contribution < 1.29 is 89.4 Å². The maximum atomic E-state index is 13.4. The van der Waals surface area contributed by atoms with Crippen LogP contribution in [0.1, 0.15) is 213 Å². The van der Waals surface area contributed by atoms with Crippen LogP contribution in [0.3, 0.4) is 0 Å². The highest BCUT2D eigenvalue weighted by atomic mass is 16.8. The summed E-state index contributed by atoms with van der Waals surface area (Å²) in [4.78, 5) is 13.4. The molecular formula is C61H111NO18. The second kappa shape index (κ2) is 44.5. The zero-order valence-corrected chi connectivity index (χ0v) is 48.8. The second-order valence-electron chi connectivity index (χ2n) is 22.5. The number of nitrogens with one attached hydrogen (secondary N) is 1. The van der Waals surface area contributed by atoms with Crippen LogP contribution >= 0.6 is 0 Å². The molecule has 3 aliphatic rings. The number of amides is 1. The smallest absolute Gasteiger partial charge is 0.220 e. The molecule has 0 spiro atoms. The van der Waals surface area contributed by atoms with E-state index in [4.69, 9.17) is 28.4 Å². The van der Waals surface area contributed by atoms with Crippen molar-refractivity contribution >= 4 is 5.91 Å². The van der Waals surface area contributed by atoms with E-state index in [0.29, 0.717) is 12.8 Å². The van der Waals surface area contributed by atoms with E-state index in [9.17, 15) is 61.0 Å². The van der Waals surface area contributed by atoms with Crippen LogP contribution in [-0.4, -0.2) is 193 Å². The largest absolute Gasteiger partial charge is 0.394 e. The highest BCUT2D eigenvalue weighted by molar-refractivity contribution is 5.76. The second-order valence-corrected chi connectivity index (χ2v) is 22.5. The van der Waals surface area contributed by atoms with Crippen LogP contribution in [0.4, 0.5) is 0 Å². The van der Waals surface area contributed by atoms with Crippen molar-refractivity contribution in [2.45, 2.75) is 317 Å². The minimum atomic E-state index is -1.97. The highest BCUT2D eigenvalue weighted by Gasteiger charge is 2.53. The van der Waals surface area contributed by atoms with Crippen LogP contribution in [0.15, 0.2) is 36.5 Å². The third-order valence-electron chi connectivity index (χ3n) is 15.7. The first kappa shape index (κ1) is 72.3. The third kappa shape index (κ3) is 27.8. The predicted octanol–water partition coefficient (Wildman–Crippen LogP) is 6.10. The van der Waals surface area contributed by atoms with Gasteiger partial charge in [-0.05, 0) is 51.4 Å². The summed E-state index contributed by atoms with van der Waals surface area (Å²) >= 11 is 0. The zero-order valence-electron chi connectivity index (χ0n) is 48.8. The van der Waals surface area contributed by atoms with Gasteiger partial charge in [-0.3, -0.25) is 4.79 Å². The van der Waals surface area contributed by atoms with Crippen LogP contribution in [0, 0.1) is 0 Å². The van der Waals surface area contributed by atoms with Crippen molar-refractivity contribution in [1.82, 2.24) is 5.32 Å². The summed E-state index contributed by atoms with van der Waals surface area (Å²) in [5.74, 6) is -0.256. The Morgan fingerprint density at radius 1 is 0.450 bits per heavy atom. The van der Waals surface area contributed by atoms with Gasteiger partial charge in [0.1, 0.15) is 73.2 Å². The number of carbonyl (C=O) groups is 1. The maximum Gasteiger partial charge on any atom is 0.220 e. The fourth-order valence-corrected chi connectivity index (χ4v) is 10.6. The summed E-state index contributed by atoms with van der Waals surface area (Å²) in [5.41, 5.74) is 0. The normalized spacial score (nSPS) is 30.2. The van der Waals surface area contributed by atoms with Crippen LogP contribution in [0.25, 0.3) is 0 Å². The number of carbonyl (C=O) groups excluding carboxylic acids is 1. The first-order valence-corrected chi connectivity index (χ1v) is 31.2. The van der Waals surface area contributed by atoms with Crippen molar-refractivity contribution in [3.8, 4) is 0 Å².